The number of carbonyl (C=O) groups excluding carboxylic acids is 1. The average Bonchev–Trinajstić information content (AvgIpc) is 3.03. The van der Waals surface area contributed by atoms with Gasteiger partial charge in [0.1, 0.15) is 0 Å². The van der Waals surface area contributed by atoms with Gasteiger partial charge in [0.2, 0.25) is 5.82 Å². The highest BCUT2D eigenvalue weighted by Gasteiger charge is 2.27. The van der Waals surface area contributed by atoms with E-state index in [9.17, 15) is 4.79 Å². The van der Waals surface area contributed by atoms with E-state index in [2.05, 4.69) is 15.0 Å². The second kappa shape index (κ2) is 6.20. The van der Waals surface area contributed by atoms with Crippen LogP contribution in [0, 0.1) is 0 Å². The number of rotatable bonds is 2. The number of aromatic amines is 1. The minimum absolute atomic E-state index is 0.158. The lowest BCUT2D eigenvalue weighted by atomic mass is 10.0. The van der Waals surface area contributed by atoms with Gasteiger partial charge >= 0.3 is 0 Å². The number of carbonyl (C=O) groups is 1. The van der Waals surface area contributed by atoms with E-state index in [-0.39, 0.29) is 11.7 Å². The third kappa shape index (κ3) is 2.71. The van der Waals surface area contributed by atoms with Crippen molar-refractivity contribution in [3.63, 3.8) is 0 Å². The zero-order valence-corrected chi connectivity index (χ0v) is 14.9. The van der Waals surface area contributed by atoms with Crippen LogP contribution in [-0.4, -0.2) is 39.4 Å². The summed E-state index contributed by atoms with van der Waals surface area (Å²) >= 11 is 12.4. The van der Waals surface area contributed by atoms with Crippen LogP contribution in [0.2, 0.25) is 10.0 Å². The molecule has 0 unspecified atom stereocenters. The molecule has 0 saturated carbocycles. The highest BCUT2D eigenvalue weighted by Crippen LogP contribution is 2.35. The molecular weight excluding hydrogens is 363 g/mol. The highest BCUT2D eigenvalue weighted by atomic mass is 35.5. The van der Waals surface area contributed by atoms with Crippen molar-refractivity contribution < 1.29 is 9.53 Å². The van der Waals surface area contributed by atoms with Crippen LogP contribution in [0.1, 0.15) is 21.9 Å². The molecule has 1 aliphatic heterocycles. The summed E-state index contributed by atoms with van der Waals surface area (Å²) in [6, 6.07) is 3.70. The van der Waals surface area contributed by atoms with E-state index in [1.807, 2.05) is 6.07 Å². The molecule has 1 aromatic carbocycles. The lowest BCUT2D eigenvalue weighted by molar-refractivity contribution is 0.0722. The van der Waals surface area contributed by atoms with Gasteiger partial charge in [0.15, 0.2) is 5.75 Å². The van der Waals surface area contributed by atoms with E-state index >= 15 is 0 Å². The zero-order chi connectivity index (χ0) is 17.6. The lowest BCUT2D eigenvalue weighted by Crippen LogP contribution is -2.36. The number of benzene rings is 1. The number of nitrogens with one attached hydrogen (secondary N) is 1. The van der Waals surface area contributed by atoms with Crippen LogP contribution in [0.5, 0.6) is 5.75 Å². The maximum Gasteiger partial charge on any atom is 0.291 e. The zero-order valence-electron chi connectivity index (χ0n) is 13.3. The molecule has 0 atom stereocenters. The van der Waals surface area contributed by atoms with Crippen molar-refractivity contribution in [2.45, 2.75) is 13.0 Å². The van der Waals surface area contributed by atoms with Gasteiger partial charge in [0.05, 0.1) is 35.1 Å². The predicted molar refractivity (Wildman–Crippen MR) is 95.3 cm³/mol. The van der Waals surface area contributed by atoms with Gasteiger partial charge in [-0.05, 0) is 6.07 Å². The summed E-state index contributed by atoms with van der Waals surface area (Å²) in [5.74, 6) is 0.466. The summed E-state index contributed by atoms with van der Waals surface area (Å²) in [7, 11) is 1.53. The molecule has 0 bridgehead atoms. The number of halogens is 2. The van der Waals surface area contributed by atoms with Crippen LogP contribution in [-0.2, 0) is 13.0 Å². The molecule has 2 aromatic heterocycles. The molecule has 0 radical (unpaired) electrons. The Hall–Kier alpha value is -2.31. The van der Waals surface area contributed by atoms with Gasteiger partial charge < -0.3 is 14.6 Å². The summed E-state index contributed by atoms with van der Waals surface area (Å²) in [5.41, 5.74) is 2.95. The Morgan fingerprint density at radius 2 is 2.04 bits per heavy atom. The number of amides is 1. The molecule has 4 rings (SSSR count). The van der Waals surface area contributed by atoms with Gasteiger partial charge in [-0.25, -0.2) is 9.97 Å². The van der Waals surface area contributed by atoms with E-state index in [0.29, 0.717) is 35.3 Å². The Bertz CT molecular complexity index is 969. The maximum atomic E-state index is 12.7. The van der Waals surface area contributed by atoms with Gasteiger partial charge in [-0.15, -0.1) is 0 Å². The topological polar surface area (TPSA) is 71.1 Å². The van der Waals surface area contributed by atoms with E-state index in [0.717, 1.165) is 22.2 Å². The Kier molecular flexibility index (Phi) is 4.01. The van der Waals surface area contributed by atoms with Crippen LogP contribution >= 0.6 is 23.2 Å². The smallest absolute Gasteiger partial charge is 0.291 e. The monoisotopic (exact) mass is 376 g/mol. The van der Waals surface area contributed by atoms with Gasteiger partial charge in [-0.1, -0.05) is 29.3 Å². The van der Waals surface area contributed by atoms with Crippen LogP contribution < -0.4 is 4.74 Å². The molecule has 6 nitrogen and oxygen atoms in total. The molecule has 0 spiro atoms. The summed E-state index contributed by atoms with van der Waals surface area (Å²) in [5, 5.41) is 2.00. The fourth-order valence-corrected chi connectivity index (χ4v) is 3.44. The normalized spacial score (nSPS) is 13.8. The molecule has 25 heavy (non-hydrogen) atoms. The third-order valence-electron chi connectivity index (χ3n) is 4.38. The maximum absolute atomic E-state index is 12.7. The van der Waals surface area contributed by atoms with Crippen LogP contribution in [0.4, 0.5) is 0 Å². The molecular formula is C17H14Cl2N4O2. The first-order valence-electron chi connectivity index (χ1n) is 7.71. The Labute approximate surface area is 153 Å². The van der Waals surface area contributed by atoms with Crippen molar-refractivity contribution in [1.29, 1.82) is 0 Å². The van der Waals surface area contributed by atoms with Crippen molar-refractivity contribution in [2.24, 2.45) is 0 Å². The fraction of sp³-hybridized carbons (Fsp3) is 0.235. The standard InChI is InChI=1S/C17H14Cl2N4O2/c1-25-9-6-20-16(21-7-9)17(24)23-5-4-13-11(8-23)10-2-3-12(18)14(19)15(10)22-13/h2-3,6-7,22H,4-5,8H2,1H3. The molecule has 1 amide bonds. The third-order valence-corrected chi connectivity index (χ3v) is 5.19. The molecule has 128 valence electrons. The Morgan fingerprint density at radius 1 is 1.28 bits per heavy atom. The van der Waals surface area contributed by atoms with Crippen molar-refractivity contribution in [1.82, 2.24) is 19.9 Å². The first kappa shape index (κ1) is 16.2. The molecule has 0 saturated heterocycles. The van der Waals surface area contributed by atoms with E-state index in [1.54, 1.807) is 11.0 Å². The second-order valence-corrected chi connectivity index (χ2v) is 6.57. The Balaban J connectivity index is 1.66. The number of aromatic nitrogens is 3. The van der Waals surface area contributed by atoms with Crippen molar-refractivity contribution >= 4 is 40.0 Å². The van der Waals surface area contributed by atoms with Crippen LogP contribution in [0.3, 0.4) is 0 Å². The van der Waals surface area contributed by atoms with Gasteiger partial charge in [-0.3, -0.25) is 4.79 Å². The van der Waals surface area contributed by atoms with Gasteiger partial charge in [0.25, 0.3) is 5.91 Å². The number of hydrogen-bond acceptors (Lipinski definition) is 4. The number of H-pyrrole nitrogens is 1. The molecule has 8 heteroatoms. The van der Waals surface area contributed by atoms with E-state index < -0.39 is 0 Å². The molecule has 0 fully saturated rings. The van der Waals surface area contributed by atoms with E-state index in [4.69, 9.17) is 27.9 Å². The lowest BCUT2D eigenvalue weighted by Gasteiger charge is -2.26. The minimum atomic E-state index is -0.206. The van der Waals surface area contributed by atoms with Crippen molar-refractivity contribution in [2.75, 3.05) is 13.7 Å². The average molecular weight is 377 g/mol. The molecule has 3 heterocycles. The first-order valence-corrected chi connectivity index (χ1v) is 8.47. The number of fused-ring (bicyclic) bond motifs is 3. The minimum Gasteiger partial charge on any atom is -0.494 e. The van der Waals surface area contributed by atoms with E-state index in [1.165, 1.54) is 19.5 Å². The quantitative estimate of drug-likeness (QED) is 0.743. The van der Waals surface area contributed by atoms with Gasteiger partial charge in [-0.2, -0.15) is 0 Å². The summed E-state index contributed by atoms with van der Waals surface area (Å²) in [4.78, 5) is 25.9. The van der Waals surface area contributed by atoms with Gasteiger partial charge in [0, 0.05) is 36.2 Å². The molecule has 1 aliphatic rings. The van der Waals surface area contributed by atoms with Crippen molar-refractivity contribution in [3.8, 4) is 5.75 Å². The Morgan fingerprint density at radius 3 is 2.76 bits per heavy atom. The predicted octanol–water partition coefficient (Wildman–Crippen LogP) is 3.47. The highest BCUT2D eigenvalue weighted by molar-refractivity contribution is 6.45. The number of methoxy groups -OCH3 is 1. The summed E-state index contributed by atoms with van der Waals surface area (Å²) in [6.07, 6.45) is 3.69. The SMILES string of the molecule is COc1cnc(C(=O)N2CCc3[nH]c4c(Cl)c(Cl)ccc4c3C2)nc1. The molecule has 0 aliphatic carbocycles. The first-order chi connectivity index (χ1) is 12.1. The number of hydrogen-bond donors (Lipinski definition) is 1. The number of nitrogens with zero attached hydrogens (tertiary/aromatic N) is 3. The van der Waals surface area contributed by atoms with Crippen molar-refractivity contribution in [3.05, 3.63) is 51.7 Å². The van der Waals surface area contributed by atoms with Crippen LogP contribution in [0.25, 0.3) is 10.9 Å². The fourth-order valence-electron chi connectivity index (χ4n) is 3.07. The van der Waals surface area contributed by atoms with Crippen LogP contribution in [0.15, 0.2) is 24.5 Å². The summed E-state index contributed by atoms with van der Waals surface area (Å²) in [6.45, 7) is 1.06. The number of ether oxygens (including phenoxy) is 1. The molecule has 1 N–H and O–H groups in total. The molecule has 3 aromatic rings. The summed E-state index contributed by atoms with van der Waals surface area (Å²) < 4.78 is 5.02. The second-order valence-electron chi connectivity index (χ2n) is 5.79. The largest absolute Gasteiger partial charge is 0.494 e.